The molecule has 0 atom stereocenters. The average molecular weight is 242 g/mol. The summed E-state index contributed by atoms with van der Waals surface area (Å²) in [6.45, 7) is 5.60. The van der Waals surface area contributed by atoms with E-state index in [1.54, 1.807) is 0 Å². The van der Waals surface area contributed by atoms with E-state index >= 15 is 0 Å². The molecule has 0 saturated carbocycles. The molecule has 4 heteroatoms. The predicted molar refractivity (Wildman–Crippen MR) is 69.0 cm³/mol. The molecule has 0 bridgehead atoms. The van der Waals surface area contributed by atoms with Crippen molar-refractivity contribution in [3.05, 3.63) is 0 Å². The van der Waals surface area contributed by atoms with E-state index in [1.807, 2.05) is 0 Å². The first-order chi connectivity index (χ1) is 8.33. The third-order valence-electron chi connectivity index (χ3n) is 3.07. The number of hydrogen-bond donors (Lipinski definition) is 2. The highest BCUT2D eigenvalue weighted by atomic mass is 16.5. The van der Waals surface area contributed by atoms with Crippen molar-refractivity contribution in [1.29, 1.82) is 0 Å². The molecule has 0 radical (unpaired) electrons. The van der Waals surface area contributed by atoms with Crippen molar-refractivity contribution in [2.75, 3.05) is 26.2 Å². The first-order valence-corrected chi connectivity index (χ1v) is 6.92. The van der Waals surface area contributed by atoms with Crippen molar-refractivity contribution in [2.24, 2.45) is 0 Å². The largest absolute Gasteiger partial charge is 0.378 e. The van der Waals surface area contributed by atoms with Crippen molar-refractivity contribution >= 4 is 5.91 Å². The number of piperidine rings is 1. The van der Waals surface area contributed by atoms with Crippen LogP contribution in [0.15, 0.2) is 0 Å². The summed E-state index contributed by atoms with van der Waals surface area (Å²) in [5.41, 5.74) is 0. The molecule has 1 fully saturated rings. The second-order valence-corrected chi connectivity index (χ2v) is 4.63. The van der Waals surface area contributed by atoms with Crippen LogP contribution < -0.4 is 10.6 Å². The predicted octanol–water partition coefficient (Wildman–Crippen LogP) is 1.45. The average Bonchev–Trinajstić information content (AvgIpc) is 2.36. The molecule has 0 aliphatic carbocycles. The Hall–Kier alpha value is -0.610. The van der Waals surface area contributed by atoms with Gasteiger partial charge in [0.05, 0.1) is 12.7 Å². The molecule has 1 heterocycles. The summed E-state index contributed by atoms with van der Waals surface area (Å²) in [6.07, 6.45) is 6.44. The molecule has 0 unspecified atom stereocenters. The molecule has 2 N–H and O–H groups in total. The Kier molecular flexibility index (Phi) is 8.01. The van der Waals surface area contributed by atoms with Crippen LogP contribution in [0.1, 0.15) is 45.4 Å². The normalized spacial score (nSPS) is 17.0. The Labute approximate surface area is 104 Å². The summed E-state index contributed by atoms with van der Waals surface area (Å²) in [5, 5.41) is 6.22. The summed E-state index contributed by atoms with van der Waals surface area (Å²) in [7, 11) is 0. The molecule has 0 spiro atoms. The molecular weight excluding hydrogens is 216 g/mol. The monoisotopic (exact) mass is 242 g/mol. The summed E-state index contributed by atoms with van der Waals surface area (Å²) in [6, 6.07) is 0. The smallest absolute Gasteiger partial charge is 0.222 e. The molecule has 1 saturated heterocycles. The molecule has 0 aromatic carbocycles. The summed E-state index contributed by atoms with van der Waals surface area (Å²) >= 11 is 0. The fraction of sp³-hybridized carbons (Fsp3) is 0.923. The highest BCUT2D eigenvalue weighted by molar-refractivity contribution is 5.75. The van der Waals surface area contributed by atoms with Crippen LogP contribution >= 0.6 is 0 Å². The minimum absolute atomic E-state index is 0.120. The van der Waals surface area contributed by atoms with Gasteiger partial charge in [-0.1, -0.05) is 19.8 Å². The molecule has 0 aromatic rings. The lowest BCUT2D eigenvalue weighted by Crippen LogP contribution is -2.33. The van der Waals surface area contributed by atoms with E-state index in [0.29, 0.717) is 19.1 Å². The van der Waals surface area contributed by atoms with Gasteiger partial charge in [0.1, 0.15) is 0 Å². The third-order valence-corrected chi connectivity index (χ3v) is 3.07. The van der Waals surface area contributed by atoms with Crippen molar-refractivity contribution in [3.63, 3.8) is 0 Å². The first-order valence-electron chi connectivity index (χ1n) is 6.92. The minimum atomic E-state index is 0.120. The van der Waals surface area contributed by atoms with E-state index in [2.05, 4.69) is 17.6 Å². The van der Waals surface area contributed by atoms with Crippen LogP contribution in [0.25, 0.3) is 0 Å². The van der Waals surface area contributed by atoms with Crippen LogP contribution in [0.4, 0.5) is 0 Å². The molecule has 1 aliphatic heterocycles. The van der Waals surface area contributed by atoms with E-state index in [4.69, 9.17) is 4.74 Å². The van der Waals surface area contributed by atoms with E-state index in [-0.39, 0.29) is 5.91 Å². The topological polar surface area (TPSA) is 50.4 Å². The highest BCUT2D eigenvalue weighted by Gasteiger charge is 2.13. The van der Waals surface area contributed by atoms with Crippen LogP contribution in [0.3, 0.4) is 0 Å². The fourth-order valence-corrected chi connectivity index (χ4v) is 1.97. The van der Waals surface area contributed by atoms with Gasteiger partial charge in [-0.3, -0.25) is 4.79 Å². The number of carbonyl (C=O) groups is 1. The number of ether oxygens (including phenoxy) is 1. The minimum Gasteiger partial charge on any atom is -0.378 e. The Balaban J connectivity index is 1.92. The van der Waals surface area contributed by atoms with E-state index < -0.39 is 0 Å². The van der Waals surface area contributed by atoms with Gasteiger partial charge in [0.2, 0.25) is 5.91 Å². The lowest BCUT2D eigenvalue weighted by Gasteiger charge is -2.22. The van der Waals surface area contributed by atoms with Crippen molar-refractivity contribution < 1.29 is 9.53 Å². The van der Waals surface area contributed by atoms with Crippen LogP contribution in [0, 0.1) is 0 Å². The Morgan fingerprint density at radius 1 is 1.35 bits per heavy atom. The summed E-state index contributed by atoms with van der Waals surface area (Å²) in [4.78, 5) is 11.4. The SMILES string of the molecule is CCCCCNC(=O)CCOC1CCNCC1. The second kappa shape index (κ2) is 9.42. The molecule has 100 valence electrons. The van der Waals surface area contributed by atoms with Crippen molar-refractivity contribution in [1.82, 2.24) is 10.6 Å². The Bertz CT molecular complexity index is 204. The van der Waals surface area contributed by atoms with E-state index in [9.17, 15) is 4.79 Å². The van der Waals surface area contributed by atoms with Crippen molar-refractivity contribution in [2.45, 2.75) is 51.6 Å². The van der Waals surface area contributed by atoms with Gasteiger partial charge in [0, 0.05) is 13.0 Å². The summed E-state index contributed by atoms with van der Waals surface area (Å²) < 4.78 is 5.68. The van der Waals surface area contributed by atoms with Gasteiger partial charge in [-0.25, -0.2) is 0 Å². The molecule has 1 rings (SSSR count). The Morgan fingerprint density at radius 3 is 2.82 bits per heavy atom. The number of hydrogen-bond acceptors (Lipinski definition) is 3. The zero-order valence-electron chi connectivity index (χ0n) is 11.0. The van der Waals surface area contributed by atoms with Gasteiger partial charge in [-0.2, -0.15) is 0 Å². The van der Waals surface area contributed by atoms with E-state index in [1.165, 1.54) is 12.8 Å². The quantitative estimate of drug-likeness (QED) is 0.633. The first kappa shape index (κ1) is 14.5. The molecule has 4 nitrogen and oxygen atoms in total. The maximum atomic E-state index is 11.4. The zero-order chi connectivity index (χ0) is 12.3. The van der Waals surface area contributed by atoms with Gasteiger partial charge in [0.25, 0.3) is 0 Å². The number of rotatable bonds is 8. The Morgan fingerprint density at radius 2 is 2.12 bits per heavy atom. The molecule has 1 aliphatic rings. The fourth-order valence-electron chi connectivity index (χ4n) is 1.97. The summed E-state index contributed by atoms with van der Waals surface area (Å²) in [5.74, 6) is 0.120. The standard InChI is InChI=1S/C13H26N2O2/c1-2-3-4-8-15-13(16)7-11-17-12-5-9-14-10-6-12/h12,14H,2-11H2,1H3,(H,15,16). The van der Waals surface area contributed by atoms with Gasteiger partial charge in [0.15, 0.2) is 0 Å². The van der Waals surface area contributed by atoms with E-state index in [0.717, 1.165) is 38.9 Å². The number of nitrogens with one attached hydrogen (secondary N) is 2. The van der Waals surface area contributed by atoms with Crippen LogP contribution in [0.5, 0.6) is 0 Å². The number of unbranched alkanes of at least 4 members (excludes halogenated alkanes) is 2. The van der Waals surface area contributed by atoms with Gasteiger partial charge >= 0.3 is 0 Å². The van der Waals surface area contributed by atoms with Gasteiger partial charge in [-0.05, 0) is 32.4 Å². The van der Waals surface area contributed by atoms with Gasteiger partial charge < -0.3 is 15.4 Å². The molecule has 0 aromatic heterocycles. The number of carbonyl (C=O) groups excluding carboxylic acids is 1. The maximum absolute atomic E-state index is 11.4. The molecular formula is C13H26N2O2. The van der Waals surface area contributed by atoms with Gasteiger partial charge in [-0.15, -0.1) is 0 Å². The second-order valence-electron chi connectivity index (χ2n) is 4.63. The lowest BCUT2D eigenvalue weighted by molar-refractivity contribution is -0.122. The van der Waals surface area contributed by atoms with Crippen LogP contribution in [-0.4, -0.2) is 38.3 Å². The number of amides is 1. The molecule has 17 heavy (non-hydrogen) atoms. The third kappa shape index (κ3) is 7.34. The van der Waals surface area contributed by atoms with Crippen LogP contribution in [0.2, 0.25) is 0 Å². The van der Waals surface area contributed by atoms with Crippen LogP contribution in [-0.2, 0) is 9.53 Å². The highest BCUT2D eigenvalue weighted by Crippen LogP contribution is 2.07. The maximum Gasteiger partial charge on any atom is 0.222 e. The molecule has 1 amide bonds. The van der Waals surface area contributed by atoms with Crippen molar-refractivity contribution in [3.8, 4) is 0 Å². The zero-order valence-corrected chi connectivity index (χ0v) is 11.0. The lowest BCUT2D eigenvalue weighted by atomic mass is 10.1.